The molecule has 0 bridgehead atoms. The predicted octanol–water partition coefficient (Wildman–Crippen LogP) is 2.90. The maximum atomic E-state index is 12.2. The standard InChI is InChI=1S/C19H20FN5O/c1-25-14-8-10-21-19(26)17(14)13-5-7-16(24-18(13)25)23-15-6-4-12(11-22-15)3-2-9-20/h4-7,11H,2-3,8-10H2,1H3,(H,21,26)(H,22,23,24). The zero-order valence-electron chi connectivity index (χ0n) is 14.6. The molecule has 0 atom stereocenters. The first kappa shape index (κ1) is 16.5. The molecule has 134 valence electrons. The topological polar surface area (TPSA) is 71.8 Å². The third-order valence-corrected chi connectivity index (χ3v) is 4.71. The second-order valence-electron chi connectivity index (χ2n) is 6.42. The molecule has 3 aromatic rings. The SMILES string of the molecule is Cn1c2c(c3ccc(Nc4ccc(CCCF)cn4)nc31)C(=O)NCC2. The third kappa shape index (κ3) is 2.89. The minimum atomic E-state index is -0.317. The van der Waals surface area contributed by atoms with Crippen LogP contribution in [0, 0.1) is 0 Å². The average Bonchev–Trinajstić information content (AvgIpc) is 2.95. The normalized spacial score (nSPS) is 13.5. The molecule has 1 aliphatic heterocycles. The molecular formula is C19H20FN5O. The maximum Gasteiger partial charge on any atom is 0.253 e. The Bertz CT molecular complexity index is 964. The van der Waals surface area contributed by atoms with E-state index in [0.717, 1.165) is 34.3 Å². The van der Waals surface area contributed by atoms with Gasteiger partial charge in [0.15, 0.2) is 0 Å². The first-order chi connectivity index (χ1) is 12.7. The molecule has 0 saturated heterocycles. The summed E-state index contributed by atoms with van der Waals surface area (Å²) in [6, 6.07) is 7.57. The van der Waals surface area contributed by atoms with Crippen molar-refractivity contribution in [3.8, 4) is 0 Å². The van der Waals surface area contributed by atoms with Crippen molar-refractivity contribution in [2.75, 3.05) is 18.5 Å². The summed E-state index contributed by atoms with van der Waals surface area (Å²) in [5.41, 5.74) is 3.53. The lowest BCUT2D eigenvalue weighted by molar-refractivity contribution is 0.0947. The van der Waals surface area contributed by atoms with Crippen LogP contribution in [0.2, 0.25) is 0 Å². The van der Waals surface area contributed by atoms with Crippen molar-refractivity contribution in [2.24, 2.45) is 7.05 Å². The number of fused-ring (bicyclic) bond motifs is 3. The van der Waals surface area contributed by atoms with Gasteiger partial charge in [-0.05, 0) is 36.6 Å². The molecule has 6 nitrogen and oxygen atoms in total. The van der Waals surface area contributed by atoms with Gasteiger partial charge in [-0.15, -0.1) is 0 Å². The van der Waals surface area contributed by atoms with Crippen LogP contribution >= 0.6 is 0 Å². The number of aromatic nitrogens is 3. The Hall–Kier alpha value is -2.96. The van der Waals surface area contributed by atoms with E-state index in [9.17, 15) is 9.18 Å². The Morgan fingerprint density at radius 2 is 2.12 bits per heavy atom. The number of aryl methyl sites for hydroxylation is 2. The zero-order valence-corrected chi connectivity index (χ0v) is 14.6. The van der Waals surface area contributed by atoms with Crippen molar-refractivity contribution in [3.63, 3.8) is 0 Å². The van der Waals surface area contributed by atoms with Gasteiger partial charge >= 0.3 is 0 Å². The van der Waals surface area contributed by atoms with Gasteiger partial charge in [0.2, 0.25) is 0 Å². The maximum absolute atomic E-state index is 12.2. The second kappa shape index (κ2) is 6.74. The van der Waals surface area contributed by atoms with Crippen LogP contribution in [-0.4, -0.2) is 33.7 Å². The molecule has 2 N–H and O–H groups in total. The van der Waals surface area contributed by atoms with Gasteiger partial charge in [0.1, 0.15) is 17.3 Å². The highest BCUT2D eigenvalue weighted by Crippen LogP contribution is 2.28. The van der Waals surface area contributed by atoms with Crippen molar-refractivity contribution in [2.45, 2.75) is 19.3 Å². The molecule has 7 heteroatoms. The average molecular weight is 353 g/mol. The van der Waals surface area contributed by atoms with E-state index in [2.05, 4.69) is 20.6 Å². The van der Waals surface area contributed by atoms with Crippen LogP contribution in [0.1, 0.15) is 28.0 Å². The molecule has 1 amide bonds. The van der Waals surface area contributed by atoms with Crippen molar-refractivity contribution >= 4 is 28.6 Å². The number of anilines is 2. The van der Waals surface area contributed by atoms with Crippen molar-refractivity contribution in [3.05, 3.63) is 47.3 Å². The quantitative estimate of drug-likeness (QED) is 0.740. The number of alkyl halides is 1. The number of hydrogen-bond donors (Lipinski definition) is 2. The molecule has 0 fully saturated rings. The molecule has 0 unspecified atom stereocenters. The summed E-state index contributed by atoms with van der Waals surface area (Å²) in [5, 5.41) is 6.94. The van der Waals surface area contributed by atoms with E-state index in [4.69, 9.17) is 0 Å². The highest BCUT2D eigenvalue weighted by molar-refractivity contribution is 6.08. The van der Waals surface area contributed by atoms with E-state index in [1.807, 2.05) is 35.9 Å². The molecule has 0 saturated carbocycles. The lowest BCUT2D eigenvalue weighted by atomic mass is 10.1. The van der Waals surface area contributed by atoms with Crippen LogP contribution in [0.5, 0.6) is 0 Å². The van der Waals surface area contributed by atoms with Crippen molar-refractivity contribution < 1.29 is 9.18 Å². The van der Waals surface area contributed by atoms with Crippen molar-refractivity contribution in [1.82, 2.24) is 19.9 Å². The molecule has 1 aliphatic rings. The first-order valence-electron chi connectivity index (χ1n) is 8.72. The van der Waals surface area contributed by atoms with Crippen LogP contribution < -0.4 is 10.6 Å². The fourth-order valence-corrected chi connectivity index (χ4v) is 3.40. The summed E-state index contributed by atoms with van der Waals surface area (Å²) in [5.74, 6) is 1.31. The molecule has 26 heavy (non-hydrogen) atoms. The van der Waals surface area contributed by atoms with E-state index < -0.39 is 0 Å². The predicted molar refractivity (Wildman–Crippen MR) is 98.6 cm³/mol. The molecule has 4 heterocycles. The van der Waals surface area contributed by atoms with E-state index in [1.54, 1.807) is 6.20 Å². The van der Waals surface area contributed by atoms with E-state index in [1.165, 1.54) is 0 Å². The van der Waals surface area contributed by atoms with Crippen LogP contribution in [0.4, 0.5) is 16.0 Å². The summed E-state index contributed by atoms with van der Waals surface area (Å²) in [4.78, 5) is 21.2. The fraction of sp³-hybridized carbons (Fsp3) is 0.316. The number of pyridine rings is 2. The Morgan fingerprint density at radius 1 is 1.27 bits per heavy atom. The van der Waals surface area contributed by atoms with Gasteiger partial charge in [0.25, 0.3) is 5.91 Å². The number of nitrogens with one attached hydrogen (secondary N) is 2. The second-order valence-corrected chi connectivity index (χ2v) is 6.42. The van der Waals surface area contributed by atoms with E-state index in [-0.39, 0.29) is 12.6 Å². The molecule has 4 rings (SSSR count). The van der Waals surface area contributed by atoms with E-state index in [0.29, 0.717) is 31.0 Å². The summed E-state index contributed by atoms with van der Waals surface area (Å²) in [7, 11) is 1.94. The number of hydrogen-bond acceptors (Lipinski definition) is 4. The van der Waals surface area contributed by atoms with E-state index >= 15 is 0 Å². The van der Waals surface area contributed by atoms with Crippen molar-refractivity contribution in [1.29, 1.82) is 0 Å². The number of amides is 1. The van der Waals surface area contributed by atoms with Gasteiger partial charge < -0.3 is 15.2 Å². The van der Waals surface area contributed by atoms with Crippen LogP contribution in [0.3, 0.4) is 0 Å². The molecule has 0 aromatic carbocycles. The first-order valence-corrected chi connectivity index (χ1v) is 8.72. The minimum Gasteiger partial charge on any atom is -0.352 e. The highest BCUT2D eigenvalue weighted by Gasteiger charge is 2.25. The third-order valence-electron chi connectivity index (χ3n) is 4.71. The number of nitrogens with zero attached hydrogens (tertiary/aromatic N) is 3. The monoisotopic (exact) mass is 353 g/mol. The van der Waals surface area contributed by atoms with Crippen LogP contribution in [-0.2, 0) is 19.9 Å². The van der Waals surface area contributed by atoms with Crippen LogP contribution in [0.25, 0.3) is 11.0 Å². The number of carbonyl (C=O) groups excluding carboxylic acids is 1. The Morgan fingerprint density at radius 3 is 2.88 bits per heavy atom. The summed E-state index contributed by atoms with van der Waals surface area (Å²) >= 11 is 0. The van der Waals surface area contributed by atoms with Gasteiger partial charge in [0.05, 0.1) is 12.2 Å². The molecule has 0 spiro atoms. The minimum absolute atomic E-state index is 0.0371. The molecular weight excluding hydrogens is 333 g/mol. The van der Waals surface area contributed by atoms with Gasteiger partial charge in [-0.3, -0.25) is 9.18 Å². The summed E-state index contributed by atoms with van der Waals surface area (Å²) < 4.78 is 14.2. The zero-order chi connectivity index (χ0) is 18.1. The van der Waals surface area contributed by atoms with Gasteiger partial charge in [0, 0.05) is 37.3 Å². The highest BCUT2D eigenvalue weighted by atomic mass is 19.1. The number of carbonyl (C=O) groups is 1. The summed E-state index contributed by atoms with van der Waals surface area (Å²) in [6.45, 7) is 0.336. The molecule has 0 aliphatic carbocycles. The summed E-state index contributed by atoms with van der Waals surface area (Å²) in [6.07, 6.45) is 3.75. The smallest absolute Gasteiger partial charge is 0.253 e. The Kier molecular flexibility index (Phi) is 4.28. The Balaban J connectivity index is 1.62. The van der Waals surface area contributed by atoms with Gasteiger partial charge in [-0.1, -0.05) is 6.07 Å². The number of rotatable bonds is 5. The van der Waals surface area contributed by atoms with Crippen LogP contribution in [0.15, 0.2) is 30.5 Å². The van der Waals surface area contributed by atoms with Gasteiger partial charge in [-0.25, -0.2) is 9.97 Å². The Labute approximate surface area is 150 Å². The molecule has 0 radical (unpaired) electrons. The number of halogens is 1. The lowest BCUT2D eigenvalue weighted by Crippen LogP contribution is -2.32. The fourth-order valence-electron chi connectivity index (χ4n) is 3.40. The van der Waals surface area contributed by atoms with Gasteiger partial charge in [-0.2, -0.15) is 0 Å². The lowest BCUT2D eigenvalue weighted by Gasteiger charge is -2.13. The largest absolute Gasteiger partial charge is 0.352 e. The molecule has 3 aromatic heterocycles.